The molecule has 0 fully saturated rings. The van der Waals surface area contributed by atoms with Crippen molar-refractivity contribution in [3.8, 4) is 0 Å². The number of nitrogens with zero attached hydrogens (tertiary/aromatic N) is 4. The molecule has 0 radical (unpaired) electrons. The molecule has 31 heavy (non-hydrogen) atoms. The predicted octanol–water partition coefficient (Wildman–Crippen LogP) is 3.34. The Morgan fingerprint density at radius 3 is 2.26 bits per heavy atom. The minimum atomic E-state index is -4.03. The third kappa shape index (κ3) is 5.46. The first-order valence-electron chi connectivity index (χ1n) is 10.00. The number of aromatic nitrogens is 2. The molecule has 0 unspecified atom stereocenters. The van der Waals surface area contributed by atoms with E-state index >= 15 is 0 Å². The molecule has 0 N–H and O–H groups in total. The van der Waals surface area contributed by atoms with Crippen molar-refractivity contribution in [2.75, 3.05) is 17.4 Å². The molecule has 0 atom stereocenters. The third-order valence-electron chi connectivity index (χ3n) is 4.87. The Hall–Kier alpha value is -3.26. The molecule has 1 amide bonds. The number of sulfonamides is 1. The van der Waals surface area contributed by atoms with Crippen LogP contribution in [-0.4, -0.2) is 42.3 Å². The van der Waals surface area contributed by atoms with E-state index in [1.165, 1.54) is 12.3 Å². The summed E-state index contributed by atoms with van der Waals surface area (Å²) in [5.74, 6) is -0.303. The fourth-order valence-electron chi connectivity index (χ4n) is 3.06. The van der Waals surface area contributed by atoms with E-state index in [1.54, 1.807) is 41.6 Å². The van der Waals surface area contributed by atoms with Crippen LogP contribution < -0.4 is 4.31 Å². The summed E-state index contributed by atoms with van der Waals surface area (Å²) in [6, 6.07) is 13.9. The molecule has 0 bridgehead atoms. The molecule has 2 aromatic heterocycles. The molecular weight excluding hydrogens is 412 g/mol. The van der Waals surface area contributed by atoms with Crippen molar-refractivity contribution in [2.45, 2.75) is 32.3 Å². The Morgan fingerprint density at radius 2 is 1.68 bits per heavy atom. The highest BCUT2D eigenvalue weighted by Crippen LogP contribution is 2.23. The van der Waals surface area contributed by atoms with E-state index in [0.29, 0.717) is 18.8 Å². The van der Waals surface area contributed by atoms with Crippen LogP contribution >= 0.6 is 0 Å². The van der Waals surface area contributed by atoms with Crippen molar-refractivity contribution in [3.05, 3.63) is 83.8 Å². The van der Waals surface area contributed by atoms with Crippen molar-refractivity contribution in [1.29, 1.82) is 0 Å². The van der Waals surface area contributed by atoms with Crippen LogP contribution in [0, 0.1) is 13.8 Å². The smallest absolute Gasteiger partial charge is 0.282 e. The minimum absolute atomic E-state index is 0.0956. The van der Waals surface area contributed by atoms with Crippen LogP contribution in [0.3, 0.4) is 0 Å². The molecule has 1 aromatic carbocycles. The molecule has 2 heterocycles. The number of anilines is 1. The number of rotatable bonds is 8. The van der Waals surface area contributed by atoms with Crippen LogP contribution in [0.15, 0.2) is 72.1 Å². The van der Waals surface area contributed by atoms with E-state index in [-0.39, 0.29) is 17.5 Å². The summed E-state index contributed by atoms with van der Waals surface area (Å²) in [4.78, 5) is 22.9. The van der Waals surface area contributed by atoms with E-state index in [0.717, 1.165) is 21.0 Å². The lowest BCUT2D eigenvalue weighted by Crippen LogP contribution is -2.43. The van der Waals surface area contributed by atoms with Crippen LogP contribution in [-0.2, 0) is 21.4 Å². The third-order valence-corrected chi connectivity index (χ3v) is 6.56. The van der Waals surface area contributed by atoms with Gasteiger partial charge in [-0.3, -0.25) is 14.1 Å². The molecule has 0 aliphatic carbocycles. The number of pyridine rings is 2. The van der Waals surface area contributed by atoms with Crippen LogP contribution in [0.1, 0.15) is 23.6 Å². The zero-order chi connectivity index (χ0) is 22.4. The van der Waals surface area contributed by atoms with E-state index in [1.807, 2.05) is 39.0 Å². The standard InChI is InChI=1S/C23H26N4O3S/c1-4-26(16-20-6-5-13-24-15-20)23(28)17-27(21-10-7-18(2)8-11-21)31(29,30)22-12-9-19(3)14-25-22/h5-15H,4,16-17H2,1-3H3. The predicted molar refractivity (Wildman–Crippen MR) is 120 cm³/mol. The lowest BCUT2D eigenvalue weighted by atomic mass is 10.2. The summed E-state index contributed by atoms with van der Waals surface area (Å²) >= 11 is 0. The molecule has 162 valence electrons. The monoisotopic (exact) mass is 438 g/mol. The minimum Gasteiger partial charge on any atom is -0.337 e. The largest absolute Gasteiger partial charge is 0.337 e. The van der Waals surface area contributed by atoms with Gasteiger partial charge in [0, 0.05) is 31.7 Å². The molecular formula is C23H26N4O3S. The Balaban J connectivity index is 1.93. The van der Waals surface area contributed by atoms with Gasteiger partial charge in [0.15, 0.2) is 5.03 Å². The van der Waals surface area contributed by atoms with Gasteiger partial charge in [0.2, 0.25) is 5.91 Å². The normalized spacial score (nSPS) is 11.2. The van der Waals surface area contributed by atoms with E-state index in [9.17, 15) is 13.2 Å². The highest BCUT2D eigenvalue weighted by atomic mass is 32.2. The number of aryl methyl sites for hydroxylation is 2. The lowest BCUT2D eigenvalue weighted by Gasteiger charge is -2.27. The van der Waals surface area contributed by atoms with Gasteiger partial charge in [-0.05, 0) is 56.2 Å². The van der Waals surface area contributed by atoms with Crippen molar-refractivity contribution in [3.63, 3.8) is 0 Å². The second-order valence-corrected chi connectivity index (χ2v) is 9.10. The number of carbonyl (C=O) groups excluding carboxylic acids is 1. The zero-order valence-electron chi connectivity index (χ0n) is 17.9. The van der Waals surface area contributed by atoms with Gasteiger partial charge in [-0.15, -0.1) is 0 Å². The Labute approximate surface area is 183 Å². The van der Waals surface area contributed by atoms with Gasteiger partial charge in [-0.25, -0.2) is 4.98 Å². The van der Waals surface area contributed by atoms with Gasteiger partial charge in [0.25, 0.3) is 10.0 Å². The Bertz CT molecular complexity index is 1120. The van der Waals surface area contributed by atoms with Crippen molar-refractivity contribution >= 4 is 21.6 Å². The van der Waals surface area contributed by atoms with E-state index in [4.69, 9.17) is 0 Å². The SMILES string of the molecule is CCN(Cc1cccnc1)C(=O)CN(c1ccc(C)cc1)S(=O)(=O)c1ccc(C)cn1. The lowest BCUT2D eigenvalue weighted by molar-refractivity contribution is -0.129. The molecule has 0 aliphatic rings. The number of benzene rings is 1. The van der Waals surface area contributed by atoms with Gasteiger partial charge in [0.05, 0.1) is 5.69 Å². The quantitative estimate of drug-likeness (QED) is 0.539. The fraction of sp³-hybridized carbons (Fsp3) is 0.261. The summed E-state index contributed by atoms with van der Waals surface area (Å²) in [7, 11) is -4.03. The van der Waals surface area contributed by atoms with Crippen LogP contribution in [0.25, 0.3) is 0 Å². The highest BCUT2D eigenvalue weighted by molar-refractivity contribution is 7.92. The van der Waals surface area contributed by atoms with Crippen molar-refractivity contribution in [2.24, 2.45) is 0 Å². The van der Waals surface area contributed by atoms with Gasteiger partial charge < -0.3 is 4.90 Å². The van der Waals surface area contributed by atoms with Gasteiger partial charge >= 0.3 is 0 Å². The number of carbonyl (C=O) groups is 1. The van der Waals surface area contributed by atoms with Crippen LogP contribution in [0.4, 0.5) is 5.69 Å². The van der Waals surface area contributed by atoms with Crippen LogP contribution in [0.5, 0.6) is 0 Å². The van der Waals surface area contributed by atoms with Gasteiger partial charge in [-0.2, -0.15) is 8.42 Å². The Morgan fingerprint density at radius 1 is 0.968 bits per heavy atom. The molecule has 8 heteroatoms. The molecule has 3 aromatic rings. The molecule has 7 nitrogen and oxygen atoms in total. The second-order valence-electron chi connectivity index (χ2n) is 7.29. The summed E-state index contributed by atoms with van der Waals surface area (Å²) in [5, 5.41) is -0.0956. The van der Waals surface area contributed by atoms with E-state index < -0.39 is 10.0 Å². The maximum atomic E-state index is 13.4. The first kappa shape index (κ1) is 22.4. The molecule has 0 saturated heterocycles. The maximum Gasteiger partial charge on any atom is 0.282 e. The number of hydrogen-bond donors (Lipinski definition) is 0. The topological polar surface area (TPSA) is 83.5 Å². The van der Waals surface area contributed by atoms with Crippen molar-refractivity contribution in [1.82, 2.24) is 14.9 Å². The Kier molecular flexibility index (Phi) is 7.02. The summed E-state index contributed by atoms with van der Waals surface area (Å²) < 4.78 is 28.0. The van der Waals surface area contributed by atoms with E-state index in [2.05, 4.69) is 9.97 Å². The summed E-state index contributed by atoms with van der Waals surface area (Å²) in [6.07, 6.45) is 4.87. The van der Waals surface area contributed by atoms with Gasteiger partial charge in [0.1, 0.15) is 6.54 Å². The second kappa shape index (κ2) is 9.70. The maximum absolute atomic E-state index is 13.4. The highest BCUT2D eigenvalue weighted by Gasteiger charge is 2.29. The average Bonchev–Trinajstić information content (AvgIpc) is 2.77. The number of likely N-dealkylation sites (N-methyl/N-ethyl adjacent to an activating group) is 1. The first-order valence-corrected chi connectivity index (χ1v) is 11.4. The fourth-order valence-corrected chi connectivity index (χ4v) is 4.39. The molecule has 0 spiro atoms. The van der Waals surface area contributed by atoms with Gasteiger partial charge in [-0.1, -0.05) is 29.8 Å². The average molecular weight is 439 g/mol. The van der Waals surface area contributed by atoms with Crippen molar-refractivity contribution < 1.29 is 13.2 Å². The summed E-state index contributed by atoms with van der Waals surface area (Å²) in [6.45, 7) is 6.09. The first-order chi connectivity index (χ1) is 14.8. The molecule has 0 saturated carbocycles. The zero-order valence-corrected chi connectivity index (χ0v) is 18.7. The molecule has 3 rings (SSSR count). The number of hydrogen-bond acceptors (Lipinski definition) is 5. The number of amides is 1. The molecule has 0 aliphatic heterocycles. The van der Waals surface area contributed by atoms with Crippen LogP contribution in [0.2, 0.25) is 0 Å². The summed E-state index contributed by atoms with van der Waals surface area (Å²) in [5.41, 5.74) is 3.14.